The van der Waals surface area contributed by atoms with Crippen molar-refractivity contribution in [3.05, 3.63) is 71.7 Å². The first-order chi connectivity index (χ1) is 19.3. The lowest BCUT2D eigenvalue weighted by Gasteiger charge is -2.45. The van der Waals surface area contributed by atoms with Crippen molar-refractivity contribution in [2.24, 2.45) is 5.41 Å². The molecule has 12 heteroatoms. The van der Waals surface area contributed by atoms with Crippen LogP contribution in [0.1, 0.15) is 63.3 Å². The maximum atomic E-state index is 14.2. The zero-order valence-corrected chi connectivity index (χ0v) is 23.5. The van der Waals surface area contributed by atoms with Crippen LogP contribution in [0.4, 0.5) is 13.6 Å². The number of likely N-dealkylation sites (tertiary alicyclic amines) is 1. The number of aromatic nitrogens is 2. The van der Waals surface area contributed by atoms with Crippen molar-refractivity contribution in [3.8, 4) is 11.3 Å². The summed E-state index contributed by atoms with van der Waals surface area (Å²) >= 11 is 0. The number of rotatable bonds is 6. The number of nitrogens with one attached hydrogen (secondary N) is 2. The monoisotopic (exact) mass is 569 g/mol. The summed E-state index contributed by atoms with van der Waals surface area (Å²) in [5, 5.41) is 9.55. The smallest absolute Gasteiger partial charge is 0.410 e. The number of amides is 3. The number of benzene rings is 1. The fourth-order valence-electron chi connectivity index (χ4n) is 4.63. The molecule has 3 heterocycles. The summed E-state index contributed by atoms with van der Waals surface area (Å²) in [6, 6.07) is 8.39. The number of nitrogens with zero attached hydrogens (tertiary/aromatic N) is 3. The van der Waals surface area contributed by atoms with Gasteiger partial charge in [0.2, 0.25) is 5.91 Å². The Bertz CT molecular complexity index is 1420. The first-order valence-electron chi connectivity index (χ1n) is 13.2. The average Bonchev–Trinajstić information content (AvgIpc) is 3.39. The Hall–Kier alpha value is -4.35. The molecule has 0 spiro atoms. The van der Waals surface area contributed by atoms with Gasteiger partial charge in [0.1, 0.15) is 17.2 Å². The molecule has 41 heavy (non-hydrogen) atoms. The number of piperidine rings is 1. The molecule has 10 nitrogen and oxygen atoms in total. The van der Waals surface area contributed by atoms with Gasteiger partial charge >= 0.3 is 6.09 Å². The van der Waals surface area contributed by atoms with Crippen molar-refractivity contribution >= 4 is 17.9 Å². The zero-order valence-electron chi connectivity index (χ0n) is 23.5. The standard InChI is InChI=1S/C29H33F2N5O5/c1-17(21-8-6-7-12-32-21)33-26(38)29(5)16-36(27(39)40-28(2,3)4)13-11-24(29)34-25(37)22-15-23(41-35-22)19-10-9-18(30)14-20(19)31/h6-10,12,14-15,17,24H,11,13,16H2,1-5H3,(H,33,38)(H,34,37)/t17?,24-,29-/m1/s1. The minimum atomic E-state index is -1.27. The van der Waals surface area contributed by atoms with Crippen LogP contribution in [0.25, 0.3) is 11.3 Å². The molecular formula is C29H33F2N5O5. The molecule has 0 bridgehead atoms. The molecule has 4 rings (SSSR count). The van der Waals surface area contributed by atoms with E-state index in [1.165, 1.54) is 17.0 Å². The lowest BCUT2D eigenvalue weighted by atomic mass is 9.76. The molecule has 2 aromatic heterocycles. The van der Waals surface area contributed by atoms with E-state index in [9.17, 15) is 23.2 Å². The molecule has 3 aromatic rings. The van der Waals surface area contributed by atoms with Gasteiger partial charge in [-0.15, -0.1) is 0 Å². The number of pyridine rings is 1. The topological polar surface area (TPSA) is 127 Å². The van der Waals surface area contributed by atoms with Gasteiger partial charge < -0.3 is 24.8 Å². The van der Waals surface area contributed by atoms with Crippen LogP contribution < -0.4 is 10.6 Å². The minimum Gasteiger partial charge on any atom is -0.444 e. The molecule has 0 aliphatic carbocycles. The highest BCUT2D eigenvalue weighted by atomic mass is 19.1. The van der Waals surface area contributed by atoms with E-state index in [2.05, 4.69) is 20.8 Å². The fraction of sp³-hybridized carbons (Fsp3) is 0.414. The third-order valence-corrected chi connectivity index (χ3v) is 6.87. The van der Waals surface area contributed by atoms with E-state index in [1.807, 2.05) is 6.07 Å². The first-order valence-corrected chi connectivity index (χ1v) is 13.2. The van der Waals surface area contributed by atoms with Gasteiger partial charge in [-0.25, -0.2) is 13.6 Å². The molecule has 3 atom stereocenters. The summed E-state index contributed by atoms with van der Waals surface area (Å²) in [6.07, 6.45) is 1.29. The molecule has 218 valence electrons. The van der Waals surface area contributed by atoms with E-state index in [0.29, 0.717) is 11.8 Å². The van der Waals surface area contributed by atoms with E-state index in [0.717, 1.165) is 6.07 Å². The van der Waals surface area contributed by atoms with Gasteiger partial charge in [0.05, 0.1) is 22.7 Å². The molecular weight excluding hydrogens is 536 g/mol. The normalized spacial score (nSPS) is 19.8. The minimum absolute atomic E-state index is 0.0293. The summed E-state index contributed by atoms with van der Waals surface area (Å²) in [5.74, 6) is -2.74. The Morgan fingerprint density at radius 2 is 1.93 bits per heavy atom. The highest BCUT2D eigenvalue weighted by Crippen LogP contribution is 2.33. The predicted molar refractivity (Wildman–Crippen MR) is 144 cm³/mol. The maximum Gasteiger partial charge on any atom is 0.410 e. The lowest BCUT2D eigenvalue weighted by Crippen LogP contribution is -2.63. The Balaban J connectivity index is 1.56. The SMILES string of the molecule is CC(NC(=O)[C@]1(C)CN(C(=O)OC(C)(C)C)CC[C@H]1NC(=O)c1cc(-c2ccc(F)cc2F)on1)c1ccccn1. The molecule has 1 saturated heterocycles. The Kier molecular flexibility index (Phi) is 8.41. The van der Waals surface area contributed by atoms with Crippen LogP contribution in [0.5, 0.6) is 0 Å². The van der Waals surface area contributed by atoms with E-state index in [1.54, 1.807) is 52.9 Å². The van der Waals surface area contributed by atoms with Crippen LogP contribution in [0.2, 0.25) is 0 Å². The van der Waals surface area contributed by atoms with Crippen LogP contribution in [0.3, 0.4) is 0 Å². The number of carbonyl (C=O) groups excluding carboxylic acids is 3. The first kappa shape index (κ1) is 29.6. The summed E-state index contributed by atoms with van der Waals surface area (Å²) in [7, 11) is 0. The van der Waals surface area contributed by atoms with E-state index in [-0.39, 0.29) is 36.5 Å². The second kappa shape index (κ2) is 11.6. The number of carbonyl (C=O) groups is 3. The Morgan fingerprint density at radius 1 is 1.17 bits per heavy atom. The number of ether oxygens (including phenoxy) is 1. The third kappa shape index (κ3) is 6.87. The van der Waals surface area contributed by atoms with Crippen molar-refractivity contribution in [2.45, 2.75) is 58.7 Å². The van der Waals surface area contributed by atoms with Gasteiger partial charge in [0.25, 0.3) is 5.91 Å². The molecule has 1 fully saturated rings. The number of hydrogen-bond acceptors (Lipinski definition) is 7. The van der Waals surface area contributed by atoms with Crippen molar-refractivity contribution < 1.29 is 32.4 Å². The highest BCUT2D eigenvalue weighted by molar-refractivity contribution is 5.94. The molecule has 2 N–H and O–H groups in total. The maximum absolute atomic E-state index is 14.2. The van der Waals surface area contributed by atoms with Crippen molar-refractivity contribution in [1.82, 2.24) is 25.7 Å². The van der Waals surface area contributed by atoms with Gasteiger partial charge in [0, 0.05) is 37.5 Å². The van der Waals surface area contributed by atoms with Gasteiger partial charge in [-0.3, -0.25) is 14.6 Å². The van der Waals surface area contributed by atoms with Crippen LogP contribution >= 0.6 is 0 Å². The number of hydrogen-bond donors (Lipinski definition) is 2. The third-order valence-electron chi connectivity index (χ3n) is 6.87. The molecule has 1 aliphatic rings. The summed E-state index contributed by atoms with van der Waals surface area (Å²) < 4.78 is 38.2. The van der Waals surface area contributed by atoms with Gasteiger partial charge in [-0.2, -0.15) is 0 Å². The molecule has 0 radical (unpaired) electrons. The number of halogens is 2. The van der Waals surface area contributed by atoms with Crippen LogP contribution in [-0.2, 0) is 9.53 Å². The van der Waals surface area contributed by atoms with E-state index in [4.69, 9.17) is 9.26 Å². The Morgan fingerprint density at radius 3 is 2.59 bits per heavy atom. The molecule has 1 aromatic carbocycles. The van der Waals surface area contributed by atoms with Crippen LogP contribution in [0, 0.1) is 17.0 Å². The van der Waals surface area contributed by atoms with Crippen molar-refractivity contribution in [3.63, 3.8) is 0 Å². The second-order valence-electron chi connectivity index (χ2n) is 11.3. The van der Waals surface area contributed by atoms with Crippen LogP contribution in [0.15, 0.2) is 53.2 Å². The second-order valence-corrected chi connectivity index (χ2v) is 11.3. The van der Waals surface area contributed by atoms with Gasteiger partial charge in [0.15, 0.2) is 11.5 Å². The molecule has 1 aliphatic heterocycles. The van der Waals surface area contributed by atoms with Crippen LogP contribution in [-0.4, -0.2) is 57.7 Å². The summed E-state index contributed by atoms with van der Waals surface area (Å²) in [4.78, 5) is 45.6. The van der Waals surface area contributed by atoms with Gasteiger partial charge in [-0.05, 0) is 65.3 Å². The molecule has 1 unspecified atom stereocenters. The quantitative estimate of drug-likeness (QED) is 0.443. The fourth-order valence-corrected chi connectivity index (χ4v) is 4.63. The zero-order chi connectivity index (χ0) is 29.9. The van der Waals surface area contributed by atoms with Crippen molar-refractivity contribution in [2.75, 3.05) is 13.1 Å². The highest BCUT2D eigenvalue weighted by Gasteiger charge is 2.48. The molecule has 3 amide bonds. The molecule has 0 saturated carbocycles. The predicted octanol–water partition coefficient (Wildman–Crippen LogP) is 4.64. The van der Waals surface area contributed by atoms with Gasteiger partial charge in [-0.1, -0.05) is 11.2 Å². The summed E-state index contributed by atoms with van der Waals surface area (Å²) in [5.41, 5.74) is -1.57. The summed E-state index contributed by atoms with van der Waals surface area (Å²) in [6.45, 7) is 8.91. The lowest BCUT2D eigenvalue weighted by molar-refractivity contribution is -0.135. The largest absolute Gasteiger partial charge is 0.444 e. The van der Waals surface area contributed by atoms with Crippen molar-refractivity contribution in [1.29, 1.82) is 0 Å². The van der Waals surface area contributed by atoms with E-state index >= 15 is 0 Å². The Labute approximate surface area is 236 Å². The average molecular weight is 570 g/mol. The van der Waals surface area contributed by atoms with E-state index < -0.39 is 52.6 Å².